The largest absolute Gasteiger partial charge is 0.474 e. The first-order valence-electron chi connectivity index (χ1n) is 10.9. The van der Waals surface area contributed by atoms with Crippen molar-refractivity contribution in [3.05, 3.63) is 70.1 Å². The van der Waals surface area contributed by atoms with E-state index in [1.54, 1.807) is 30.0 Å². The number of benzene rings is 1. The van der Waals surface area contributed by atoms with E-state index in [2.05, 4.69) is 20.4 Å². The molecule has 0 radical (unpaired) electrons. The fourth-order valence-electron chi connectivity index (χ4n) is 3.67. The first-order valence-corrected chi connectivity index (χ1v) is 11.2. The van der Waals surface area contributed by atoms with E-state index in [4.69, 9.17) is 16.3 Å². The Kier molecular flexibility index (Phi) is 7.34. The van der Waals surface area contributed by atoms with Crippen LogP contribution in [0.3, 0.4) is 0 Å². The van der Waals surface area contributed by atoms with Crippen LogP contribution in [0.1, 0.15) is 35.4 Å². The first kappa shape index (κ1) is 24.6. The zero-order valence-corrected chi connectivity index (χ0v) is 19.5. The van der Waals surface area contributed by atoms with Gasteiger partial charge in [0.25, 0.3) is 0 Å². The number of hydrogen-bond donors (Lipinski definition) is 0. The molecule has 1 aliphatic rings. The van der Waals surface area contributed by atoms with E-state index in [0.29, 0.717) is 43.3 Å². The third kappa shape index (κ3) is 6.56. The fourth-order valence-corrected chi connectivity index (χ4v) is 3.86. The van der Waals surface area contributed by atoms with Crippen LogP contribution >= 0.6 is 11.6 Å². The van der Waals surface area contributed by atoms with Crippen LogP contribution in [0.5, 0.6) is 5.88 Å². The second-order valence-electron chi connectivity index (χ2n) is 8.07. The quantitative estimate of drug-likeness (QED) is 0.466. The first-order chi connectivity index (χ1) is 16.7. The zero-order chi connectivity index (χ0) is 25.0. The lowest BCUT2D eigenvalue weighted by molar-refractivity contribution is -0.137. The van der Waals surface area contributed by atoms with Crippen LogP contribution in [0.15, 0.2) is 42.6 Å². The monoisotopic (exact) mass is 506 g/mol. The van der Waals surface area contributed by atoms with Crippen molar-refractivity contribution in [1.29, 1.82) is 0 Å². The van der Waals surface area contributed by atoms with Gasteiger partial charge in [0, 0.05) is 49.3 Å². The molecule has 184 valence electrons. The maximum absolute atomic E-state index is 12.7. The molecule has 4 rings (SSSR count). The number of ether oxygens (including phenoxy) is 1. The molecule has 1 aromatic carbocycles. The number of likely N-dealkylation sites (tertiary alicyclic amines) is 1. The van der Waals surface area contributed by atoms with E-state index in [0.717, 1.165) is 23.4 Å². The Morgan fingerprint density at radius 3 is 2.63 bits per heavy atom. The molecule has 1 fully saturated rings. The number of hydrogen-bond acceptors (Lipinski definition) is 6. The van der Waals surface area contributed by atoms with Gasteiger partial charge in [-0.2, -0.15) is 18.0 Å². The van der Waals surface area contributed by atoms with Gasteiger partial charge in [-0.05, 0) is 47.5 Å². The lowest BCUT2D eigenvalue weighted by atomic mass is 10.1. The van der Waals surface area contributed by atoms with Crippen molar-refractivity contribution in [3.8, 4) is 5.88 Å². The summed E-state index contributed by atoms with van der Waals surface area (Å²) in [5.74, 6) is 0.544. The molecule has 1 aliphatic heterocycles. The van der Waals surface area contributed by atoms with Crippen LogP contribution in [-0.2, 0) is 17.5 Å². The van der Waals surface area contributed by atoms with Gasteiger partial charge in [0.1, 0.15) is 6.10 Å². The van der Waals surface area contributed by atoms with Gasteiger partial charge in [-0.25, -0.2) is 4.98 Å². The minimum Gasteiger partial charge on any atom is -0.474 e. The molecule has 35 heavy (non-hydrogen) atoms. The number of alkyl halides is 3. The summed E-state index contributed by atoms with van der Waals surface area (Å²) in [5.41, 5.74) is 0.827. The second kappa shape index (κ2) is 10.4. The lowest BCUT2D eigenvalue weighted by Crippen LogP contribution is -2.41. The van der Waals surface area contributed by atoms with Gasteiger partial charge in [0.2, 0.25) is 11.8 Å². The molecule has 2 aromatic heterocycles. The number of nitrogens with zero attached hydrogens (tertiary/aromatic N) is 6. The van der Waals surface area contributed by atoms with Gasteiger partial charge in [-0.3, -0.25) is 4.79 Å². The number of pyridine rings is 1. The van der Waals surface area contributed by atoms with E-state index < -0.39 is 11.7 Å². The van der Waals surface area contributed by atoms with Gasteiger partial charge in [0.15, 0.2) is 5.82 Å². The molecule has 8 nitrogen and oxygen atoms in total. The Bertz CT molecular complexity index is 1200. The number of piperidine rings is 1. The van der Waals surface area contributed by atoms with Crippen LogP contribution in [0.2, 0.25) is 5.02 Å². The Morgan fingerprint density at radius 2 is 2.00 bits per heavy atom. The highest BCUT2D eigenvalue weighted by Crippen LogP contribution is 2.29. The Balaban J connectivity index is 1.32. The summed E-state index contributed by atoms with van der Waals surface area (Å²) < 4.78 is 43.7. The maximum atomic E-state index is 12.7. The topological polar surface area (TPSA) is 86.0 Å². The van der Waals surface area contributed by atoms with Crippen molar-refractivity contribution >= 4 is 23.6 Å². The molecule has 0 unspecified atom stereocenters. The Morgan fingerprint density at radius 1 is 1.23 bits per heavy atom. The molecule has 0 atom stereocenters. The van der Waals surface area contributed by atoms with Crippen molar-refractivity contribution < 1.29 is 22.7 Å². The Labute approximate surface area is 204 Å². The molecule has 0 aliphatic carbocycles. The number of carbonyl (C=O) groups is 1. The molecule has 0 spiro atoms. The minimum atomic E-state index is -4.44. The SMILES string of the molecule is Cc1nnn(Cc2cc(Cl)ccc2C=CC(=O)N2CCC(Oc3ccc(C(F)(F)F)cn3)CC2)n1. The normalized spacial score (nSPS) is 15.1. The number of amides is 1. The third-order valence-corrected chi connectivity index (χ3v) is 5.71. The molecular weight excluding hydrogens is 485 g/mol. The molecule has 1 amide bonds. The summed E-state index contributed by atoms with van der Waals surface area (Å²) in [4.78, 5) is 19.6. The van der Waals surface area contributed by atoms with Crippen LogP contribution in [0.25, 0.3) is 6.08 Å². The van der Waals surface area contributed by atoms with Crippen molar-refractivity contribution in [2.24, 2.45) is 0 Å². The Hall–Kier alpha value is -3.47. The average Bonchev–Trinajstić information content (AvgIpc) is 3.23. The molecule has 3 aromatic rings. The van der Waals surface area contributed by atoms with Gasteiger partial charge < -0.3 is 9.64 Å². The predicted octanol–water partition coefficient (Wildman–Crippen LogP) is 4.18. The third-order valence-electron chi connectivity index (χ3n) is 5.48. The van der Waals surface area contributed by atoms with E-state index in [1.165, 1.54) is 16.9 Å². The predicted molar refractivity (Wildman–Crippen MR) is 122 cm³/mol. The van der Waals surface area contributed by atoms with Gasteiger partial charge >= 0.3 is 6.18 Å². The van der Waals surface area contributed by atoms with Gasteiger partial charge in [-0.1, -0.05) is 17.7 Å². The average molecular weight is 507 g/mol. The van der Waals surface area contributed by atoms with E-state index in [-0.39, 0.29) is 17.9 Å². The fraction of sp³-hybridized carbons (Fsp3) is 0.348. The van der Waals surface area contributed by atoms with Crippen molar-refractivity contribution in [3.63, 3.8) is 0 Å². The molecule has 1 saturated heterocycles. The maximum Gasteiger partial charge on any atom is 0.417 e. The number of tetrazole rings is 1. The highest BCUT2D eigenvalue weighted by Gasteiger charge is 2.31. The highest BCUT2D eigenvalue weighted by atomic mass is 35.5. The van der Waals surface area contributed by atoms with E-state index in [1.807, 2.05) is 6.07 Å². The smallest absolute Gasteiger partial charge is 0.417 e. The molecule has 0 bridgehead atoms. The lowest BCUT2D eigenvalue weighted by Gasteiger charge is -2.31. The van der Waals surface area contributed by atoms with Gasteiger partial charge in [0.05, 0.1) is 12.1 Å². The van der Waals surface area contributed by atoms with Crippen LogP contribution < -0.4 is 4.74 Å². The van der Waals surface area contributed by atoms with Crippen LogP contribution in [-0.4, -0.2) is 55.2 Å². The number of aromatic nitrogens is 5. The molecular formula is C23H22ClF3N6O2. The van der Waals surface area contributed by atoms with Crippen molar-refractivity contribution in [2.45, 2.75) is 38.6 Å². The van der Waals surface area contributed by atoms with Crippen LogP contribution in [0.4, 0.5) is 13.2 Å². The van der Waals surface area contributed by atoms with Crippen LogP contribution in [0, 0.1) is 6.92 Å². The summed E-state index contributed by atoms with van der Waals surface area (Å²) in [6, 6.07) is 7.51. The molecule has 3 heterocycles. The number of rotatable bonds is 6. The molecule has 0 saturated carbocycles. The standard InChI is InChI=1S/C23H22ClF3N6O2/c1-15-29-31-33(30-15)14-17-12-19(24)5-2-16(17)3-7-22(34)32-10-8-20(9-11-32)35-21-6-4-18(13-28-21)23(25,26)27/h2-7,12-13,20H,8-11,14H2,1H3. The number of aryl methyl sites for hydroxylation is 1. The van der Waals surface area contributed by atoms with E-state index >= 15 is 0 Å². The van der Waals surface area contributed by atoms with Gasteiger partial charge in [-0.15, -0.1) is 10.2 Å². The zero-order valence-electron chi connectivity index (χ0n) is 18.7. The number of halogens is 4. The summed E-state index contributed by atoms with van der Waals surface area (Å²) in [5, 5.41) is 12.6. The second-order valence-corrected chi connectivity index (χ2v) is 8.51. The minimum absolute atomic E-state index is 0.134. The molecule has 12 heteroatoms. The summed E-state index contributed by atoms with van der Waals surface area (Å²) >= 11 is 6.14. The number of carbonyl (C=O) groups excluding carboxylic acids is 1. The summed E-state index contributed by atoms with van der Waals surface area (Å²) in [6.45, 7) is 3.03. The molecule has 0 N–H and O–H groups in total. The summed E-state index contributed by atoms with van der Waals surface area (Å²) in [7, 11) is 0. The summed E-state index contributed by atoms with van der Waals surface area (Å²) in [6.07, 6.45) is 0.414. The highest BCUT2D eigenvalue weighted by molar-refractivity contribution is 6.30. The van der Waals surface area contributed by atoms with Crippen molar-refractivity contribution in [2.75, 3.05) is 13.1 Å². The van der Waals surface area contributed by atoms with E-state index in [9.17, 15) is 18.0 Å². The van der Waals surface area contributed by atoms with Crippen molar-refractivity contribution in [1.82, 2.24) is 30.1 Å².